The van der Waals surface area contributed by atoms with Crippen LogP contribution in [0.3, 0.4) is 0 Å². The van der Waals surface area contributed by atoms with Crippen molar-refractivity contribution in [2.45, 2.75) is 71.3 Å². The zero-order valence-electron chi connectivity index (χ0n) is 12.3. The van der Waals surface area contributed by atoms with Crippen molar-refractivity contribution < 1.29 is 4.79 Å². The van der Waals surface area contributed by atoms with E-state index in [-0.39, 0.29) is 0 Å². The van der Waals surface area contributed by atoms with E-state index in [0.29, 0.717) is 18.2 Å². The molecule has 0 aliphatic heterocycles. The average molecular weight is 262 g/mol. The lowest BCUT2D eigenvalue weighted by Gasteiger charge is -2.20. The molecule has 0 saturated heterocycles. The van der Waals surface area contributed by atoms with Crippen LogP contribution in [0.25, 0.3) is 0 Å². The van der Waals surface area contributed by atoms with Crippen molar-refractivity contribution in [2.24, 2.45) is 5.92 Å². The number of carbonyl (C=O) groups excluding carboxylic acids is 1. The summed E-state index contributed by atoms with van der Waals surface area (Å²) >= 11 is 0. The van der Waals surface area contributed by atoms with Gasteiger partial charge in [0.2, 0.25) is 0 Å². The zero-order valence-corrected chi connectivity index (χ0v) is 12.3. The van der Waals surface area contributed by atoms with E-state index in [0.717, 1.165) is 24.5 Å². The highest BCUT2D eigenvalue weighted by Gasteiger charge is 2.15. The smallest absolute Gasteiger partial charge is 0.138 e. The standard InChI is InChI=1S/C16H26N2O/c1-13(2)18-11-10-15(17-18)12-16(19)9-8-14-6-4-3-5-7-14/h10-11,13-14H,3-9,12H2,1-2H3. The Kier molecular flexibility index (Phi) is 5.17. The van der Waals surface area contributed by atoms with Gasteiger partial charge in [0.1, 0.15) is 5.78 Å². The largest absolute Gasteiger partial charge is 0.299 e. The lowest BCUT2D eigenvalue weighted by atomic mass is 9.85. The normalized spacial score (nSPS) is 17.0. The van der Waals surface area contributed by atoms with Crippen LogP contribution in [-0.2, 0) is 11.2 Å². The highest BCUT2D eigenvalue weighted by molar-refractivity contribution is 5.80. The van der Waals surface area contributed by atoms with Crippen molar-refractivity contribution in [3.63, 3.8) is 0 Å². The molecule has 1 aliphatic rings. The second-order valence-electron chi connectivity index (χ2n) is 6.14. The predicted molar refractivity (Wildman–Crippen MR) is 77.1 cm³/mol. The van der Waals surface area contributed by atoms with Crippen molar-refractivity contribution >= 4 is 5.78 Å². The topological polar surface area (TPSA) is 34.9 Å². The molecule has 1 heterocycles. The van der Waals surface area contributed by atoms with Crippen LogP contribution in [0.2, 0.25) is 0 Å². The fourth-order valence-electron chi connectivity index (χ4n) is 2.89. The monoisotopic (exact) mass is 262 g/mol. The van der Waals surface area contributed by atoms with E-state index in [1.807, 2.05) is 16.9 Å². The number of Topliss-reactive ketones (excluding diaryl/α,β-unsaturated/α-hetero) is 1. The molecule has 1 fully saturated rings. The van der Waals surface area contributed by atoms with Crippen molar-refractivity contribution in [3.05, 3.63) is 18.0 Å². The Morgan fingerprint density at radius 1 is 1.37 bits per heavy atom. The van der Waals surface area contributed by atoms with Gasteiger partial charge >= 0.3 is 0 Å². The van der Waals surface area contributed by atoms with Crippen LogP contribution < -0.4 is 0 Å². The minimum atomic E-state index is 0.347. The van der Waals surface area contributed by atoms with Crippen LogP contribution in [0.5, 0.6) is 0 Å². The van der Waals surface area contributed by atoms with Gasteiger partial charge in [0, 0.05) is 18.7 Å². The van der Waals surface area contributed by atoms with Crippen LogP contribution in [0.4, 0.5) is 0 Å². The van der Waals surface area contributed by atoms with E-state index in [1.54, 1.807) is 0 Å². The molecular weight excluding hydrogens is 236 g/mol. The van der Waals surface area contributed by atoms with Crippen molar-refractivity contribution in [3.8, 4) is 0 Å². The molecule has 0 atom stereocenters. The highest BCUT2D eigenvalue weighted by Crippen LogP contribution is 2.27. The number of rotatable bonds is 6. The summed E-state index contributed by atoms with van der Waals surface area (Å²) in [5, 5.41) is 4.44. The Labute approximate surface area is 116 Å². The van der Waals surface area contributed by atoms with Gasteiger partial charge in [0.25, 0.3) is 0 Å². The molecule has 19 heavy (non-hydrogen) atoms. The Bertz CT molecular complexity index is 403. The van der Waals surface area contributed by atoms with Crippen molar-refractivity contribution in [1.82, 2.24) is 9.78 Å². The van der Waals surface area contributed by atoms with E-state index in [9.17, 15) is 4.79 Å². The summed E-state index contributed by atoms with van der Waals surface area (Å²) < 4.78 is 1.92. The maximum absolute atomic E-state index is 12.0. The van der Waals surface area contributed by atoms with Gasteiger partial charge in [0.05, 0.1) is 12.1 Å². The summed E-state index contributed by atoms with van der Waals surface area (Å²) in [5.41, 5.74) is 0.919. The van der Waals surface area contributed by atoms with Crippen LogP contribution >= 0.6 is 0 Å². The number of hydrogen-bond donors (Lipinski definition) is 0. The first-order valence-electron chi connectivity index (χ1n) is 7.71. The van der Waals surface area contributed by atoms with Crippen LogP contribution in [0.15, 0.2) is 12.3 Å². The fraction of sp³-hybridized carbons (Fsp3) is 0.750. The Balaban J connectivity index is 1.73. The molecule has 0 radical (unpaired) electrons. The molecule has 1 aromatic rings. The lowest BCUT2D eigenvalue weighted by molar-refractivity contribution is -0.118. The third kappa shape index (κ3) is 4.48. The van der Waals surface area contributed by atoms with E-state index in [1.165, 1.54) is 32.1 Å². The van der Waals surface area contributed by atoms with E-state index >= 15 is 0 Å². The molecule has 0 spiro atoms. The summed E-state index contributed by atoms with van der Waals surface area (Å²) in [6.07, 6.45) is 11.1. The minimum Gasteiger partial charge on any atom is -0.299 e. The molecule has 3 heteroatoms. The maximum atomic E-state index is 12.0. The molecule has 1 saturated carbocycles. The second kappa shape index (κ2) is 6.88. The summed E-state index contributed by atoms with van der Waals surface area (Å²) in [6.45, 7) is 4.20. The van der Waals surface area contributed by atoms with Crippen LogP contribution in [0.1, 0.15) is 70.5 Å². The third-order valence-electron chi connectivity index (χ3n) is 4.13. The first kappa shape index (κ1) is 14.3. The number of carbonyl (C=O) groups is 1. The quantitative estimate of drug-likeness (QED) is 0.778. The zero-order chi connectivity index (χ0) is 13.7. The minimum absolute atomic E-state index is 0.347. The maximum Gasteiger partial charge on any atom is 0.138 e. The van der Waals surface area contributed by atoms with Crippen LogP contribution in [0, 0.1) is 5.92 Å². The highest BCUT2D eigenvalue weighted by atomic mass is 16.1. The van der Waals surface area contributed by atoms with Gasteiger partial charge in [-0.2, -0.15) is 5.10 Å². The SMILES string of the molecule is CC(C)n1ccc(CC(=O)CCC2CCCCC2)n1. The molecule has 0 N–H and O–H groups in total. The summed E-state index contributed by atoms with van der Waals surface area (Å²) in [7, 11) is 0. The fourth-order valence-corrected chi connectivity index (χ4v) is 2.89. The van der Waals surface area contributed by atoms with E-state index in [4.69, 9.17) is 0 Å². The van der Waals surface area contributed by atoms with Crippen molar-refractivity contribution in [1.29, 1.82) is 0 Å². The van der Waals surface area contributed by atoms with Gasteiger partial charge < -0.3 is 0 Å². The predicted octanol–water partition coefficient (Wildman–Crippen LogP) is 3.94. The Hall–Kier alpha value is -1.12. The van der Waals surface area contributed by atoms with E-state index in [2.05, 4.69) is 18.9 Å². The van der Waals surface area contributed by atoms with Gasteiger partial charge in [0.15, 0.2) is 0 Å². The summed E-state index contributed by atoms with van der Waals surface area (Å²) in [4.78, 5) is 12.0. The van der Waals surface area contributed by atoms with Gasteiger partial charge in [-0.15, -0.1) is 0 Å². The number of nitrogens with zero attached hydrogens (tertiary/aromatic N) is 2. The van der Waals surface area contributed by atoms with Gasteiger partial charge in [-0.05, 0) is 32.3 Å². The van der Waals surface area contributed by atoms with Gasteiger partial charge in [-0.3, -0.25) is 9.48 Å². The van der Waals surface area contributed by atoms with Gasteiger partial charge in [-0.25, -0.2) is 0 Å². The van der Waals surface area contributed by atoms with E-state index < -0.39 is 0 Å². The molecule has 106 valence electrons. The third-order valence-corrected chi connectivity index (χ3v) is 4.13. The molecule has 0 amide bonds. The molecule has 1 aromatic heterocycles. The number of hydrogen-bond acceptors (Lipinski definition) is 2. The summed E-state index contributed by atoms with van der Waals surface area (Å²) in [5.74, 6) is 1.14. The first-order valence-corrected chi connectivity index (χ1v) is 7.71. The van der Waals surface area contributed by atoms with Gasteiger partial charge in [-0.1, -0.05) is 32.1 Å². The molecule has 2 rings (SSSR count). The molecular formula is C16H26N2O. The Morgan fingerprint density at radius 2 is 2.11 bits per heavy atom. The summed E-state index contributed by atoms with van der Waals surface area (Å²) in [6, 6.07) is 2.34. The second-order valence-corrected chi connectivity index (χ2v) is 6.14. The molecule has 1 aliphatic carbocycles. The molecule has 0 aromatic carbocycles. The van der Waals surface area contributed by atoms with Crippen molar-refractivity contribution in [2.75, 3.05) is 0 Å². The average Bonchev–Trinajstić information content (AvgIpc) is 2.86. The first-order chi connectivity index (χ1) is 9.15. The number of aromatic nitrogens is 2. The molecule has 0 bridgehead atoms. The van der Waals surface area contributed by atoms with Crippen LogP contribution in [-0.4, -0.2) is 15.6 Å². The lowest BCUT2D eigenvalue weighted by Crippen LogP contribution is -2.11. The molecule has 3 nitrogen and oxygen atoms in total. The molecule has 0 unspecified atom stereocenters. The number of ketones is 1. The Morgan fingerprint density at radius 3 is 2.74 bits per heavy atom.